The molecule has 3 atom stereocenters. The van der Waals surface area contributed by atoms with E-state index in [0.29, 0.717) is 25.2 Å². The molecule has 0 amide bonds. The first-order chi connectivity index (χ1) is 20.8. The number of unbranched alkanes of at least 4 members (excludes halogenated alkanes) is 7. The highest BCUT2D eigenvalue weighted by molar-refractivity contribution is 5.69. The standard InChI is InChI=1S/C34H45F5O5/c1-2-32(25-15-17-26(40)18-16-25)23-44-30-22-27(41)19-20-28(30)29(32)14-10-6-4-3-5-8-12-24(31(42)43)13-9-7-11-21-33(35,36)34(37,38)39/h15-20,22,24,29,40-41H,2-14,21,23H2,1H3,(H,42,43). The summed E-state index contributed by atoms with van der Waals surface area (Å²) in [6.45, 7) is 2.62. The minimum atomic E-state index is -5.55. The van der Waals surface area contributed by atoms with E-state index in [-0.39, 0.29) is 42.1 Å². The largest absolute Gasteiger partial charge is 0.508 e. The van der Waals surface area contributed by atoms with E-state index in [4.69, 9.17) is 4.74 Å². The molecular formula is C34H45F5O5. The number of rotatable bonds is 18. The molecule has 0 aliphatic carbocycles. The van der Waals surface area contributed by atoms with Gasteiger partial charge in [0.15, 0.2) is 0 Å². The van der Waals surface area contributed by atoms with Gasteiger partial charge in [-0.2, -0.15) is 22.0 Å². The van der Waals surface area contributed by atoms with Gasteiger partial charge in [0.2, 0.25) is 0 Å². The monoisotopic (exact) mass is 628 g/mol. The number of alkyl halides is 5. The van der Waals surface area contributed by atoms with Crippen molar-refractivity contribution in [3.63, 3.8) is 0 Å². The summed E-state index contributed by atoms with van der Waals surface area (Å²) in [6.07, 6.45) is 1.36. The fourth-order valence-corrected chi connectivity index (χ4v) is 6.50. The van der Waals surface area contributed by atoms with Crippen molar-refractivity contribution in [2.75, 3.05) is 6.61 Å². The SMILES string of the molecule is CCC1(c2ccc(O)cc2)COc2cc(O)ccc2C1CCCCCCCCC(CCCCCC(F)(F)C(F)(F)F)C(=O)O. The van der Waals surface area contributed by atoms with Crippen LogP contribution in [-0.4, -0.2) is 40.0 Å². The van der Waals surface area contributed by atoms with Gasteiger partial charge in [-0.15, -0.1) is 0 Å². The van der Waals surface area contributed by atoms with E-state index >= 15 is 0 Å². The van der Waals surface area contributed by atoms with Crippen LogP contribution in [0.1, 0.15) is 114 Å². The Kier molecular flexibility index (Phi) is 12.7. The topological polar surface area (TPSA) is 87.0 Å². The average Bonchev–Trinajstić information content (AvgIpc) is 2.96. The number of phenolic OH excluding ortho intramolecular Hbond substituents is 2. The number of ether oxygens (including phenoxy) is 1. The number of aliphatic carboxylic acids is 1. The number of aromatic hydroxyl groups is 2. The van der Waals surface area contributed by atoms with E-state index in [1.807, 2.05) is 18.2 Å². The lowest BCUT2D eigenvalue weighted by molar-refractivity contribution is -0.284. The first-order valence-electron chi connectivity index (χ1n) is 15.7. The molecule has 0 spiro atoms. The highest BCUT2D eigenvalue weighted by atomic mass is 19.4. The van der Waals surface area contributed by atoms with E-state index in [0.717, 1.165) is 62.5 Å². The van der Waals surface area contributed by atoms with E-state index in [2.05, 4.69) is 6.92 Å². The Morgan fingerprint density at radius 1 is 0.864 bits per heavy atom. The number of carboxylic acid groups (broad SMARTS) is 1. The zero-order chi connectivity index (χ0) is 32.4. The number of halogens is 5. The third-order valence-electron chi connectivity index (χ3n) is 9.20. The van der Waals surface area contributed by atoms with Crippen LogP contribution >= 0.6 is 0 Å². The number of hydrogen-bond acceptors (Lipinski definition) is 4. The number of fused-ring (bicyclic) bond motifs is 1. The molecule has 0 fully saturated rings. The summed E-state index contributed by atoms with van der Waals surface area (Å²) in [4.78, 5) is 11.6. The number of carboxylic acids is 1. The third-order valence-corrected chi connectivity index (χ3v) is 9.20. The summed E-state index contributed by atoms with van der Waals surface area (Å²) in [5.74, 6) is -5.04. The number of hydrogen-bond donors (Lipinski definition) is 3. The first kappa shape index (κ1) is 35.4. The fourth-order valence-electron chi connectivity index (χ4n) is 6.50. The number of phenols is 2. The summed E-state index contributed by atoms with van der Waals surface area (Å²) >= 11 is 0. The highest BCUT2D eigenvalue weighted by Gasteiger charge is 2.56. The average molecular weight is 629 g/mol. The molecule has 2 aromatic rings. The lowest BCUT2D eigenvalue weighted by Gasteiger charge is -2.45. The highest BCUT2D eigenvalue weighted by Crippen LogP contribution is 2.51. The van der Waals surface area contributed by atoms with Crippen LogP contribution in [0.4, 0.5) is 22.0 Å². The lowest BCUT2D eigenvalue weighted by Crippen LogP contribution is -2.42. The van der Waals surface area contributed by atoms with Crippen molar-refractivity contribution < 1.29 is 46.8 Å². The number of benzene rings is 2. The molecule has 246 valence electrons. The second-order valence-corrected chi connectivity index (χ2v) is 12.2. The molecule has 1 heterocycles. The van der Waals surface area contributed by atoms with Crippen molar-refractivity contribution in [1.29, 1.82) is 0 Å². The maximum atomic E-state index is 13.0. The van der Waals surface area contributed by atoms with E-state index in [9.17, 15) is 42.1 Å². The zero-order valence-corrected chi connectivity index (χ0v) is 25.4. The molecule has 3 N–H and O–H groups in total. The van der Waals surface area contributed by atoms with Crippen molar-refractivity contribution in [3.05, 3.63) is 53.6 Å². The molecule has 0 aromatic heterocycles. The second kappa shape index (κ2) is 15.8. The van der Waals surface area contributed by atoms with Crippen LogP contribution in [0.15, 0.2) is 42.5 Å². The van der Waals surface area contributed by atoms with Crippen LogP contribution in [0.3, 0.4) is 0 Å². The van der Waals surface area contributed by atoms with Gasteiger partial charge in [-0.1, -0.05) is 76.5 Å². The van der Waals surface area contributed by atoms with E-state index in [1.165, 1.54) is 0 Å². The van der Waals surface area contributed by atoms with Crippen molar-refractivity contribution in [2.45, 2.75) is 120 Å². The zero-order valence-electron chi connectivity index (χ0n) is 25.4. The predicted octanol–water partition coefficient (Wildman–Crippen LogP) is 9.89. The molecule has 5 nitrogen and oxygen atoms in total. The molecule has 1 aliphatic rings. The molecule has 2 aromatic carbocycles. The van der Waals surface area contributed by atoms with Crippen molar-refractivity contribution in [3.8, 4) is 17.2 Å². The Balaban J connectivity index is 1.43. The molecular weight excluding hydrogens is 583 g/mol. The maximum Gasteiger partial charge on any atom is 0.453 e. The molecule has 0 bridgehead atoms. The molecule has 3 rings (SSSR count). The van der Waals surface area contributed by atoms with E-state index < -0.39 is 30.4 Å². The van der Waals surface area contributed by atoms with Crippen LogP contribution in [0, 0.1) is 5.92 Å². The predicted molar refractivity (Wildman–Crippen MR) is 159 cm³/mol. The van der Waals surface area contributed by atoms with Gasteiger partial charge in [-0.3, -0.25) is 4.79 Å². The smallest absolute Gasteiger partial charge is 0.453 e. The van der Waals surface area contributed by atoms with Crippen molar-refractivity contribution in [2.24, 2.45) is 5.92 Å². The Labute approximate surface area is 256 Å². The van der Waals surface area contributed by atoms with Gasteiger partial charge in [-0.05, 0) is 61.4 Å². The fraction of sp³-hybridized carbons (Fsp3) is 0.618. The number of carbonyl (C=O) groups is 1. The van der Waals surface area contributed by atoms with Gasteiger partial charge in [-0.25, -0.2) is 0 Å². The molecule has 44 heavy (non-hydrogen) atoms. The van der Waals surface area contributed by atoms with Crippen LogP contribution in [-0.2, 0) is 10.2 Å². The van der Waals surface area contributed by atoms with Crippen LogP contribution in [0.5, 0.6) is 17.2 Å². The summed E-state index contributed by atoms with van der Waals surface area (Å²) in [5, 5.41) is 29.4. The summed E-state index contributed by atoms with van der Waals surface area (Å²) in [6, 6.07) is 12.6. The van der Waals surface area contributed by atoms with Gasteiger partial charge in [0.25, 0.3) is 0 Å². The van der Waals surface area contributed by atoms with Gasteiger partial charge >= 0.3 is 18.1 Å². The quantitative estimate of drug-likeness (QED) is 0.113. The molecule has 10 heteroatoms. The third kappa shape index (κ3) is 9.24. The molecule has 1 aliphatic heterocycles. The second-order valence-electron chi connectivity index (χ2n) is 12.2. The Morgan fingerprint density at radius 2 is 1.43 bits per heavy atom. The van der Waals surface area contributed by atoms with Gasteiger partial charge in [0.1, 0.15) is 17.2 Å². The molecule has 3 unspecified atom stereocenters. The summed E-state index contributed by atoms with van der Waals surface area (Å²) in [7, 11) is 0. The van der Waals surface area contributed by atoms with Crippen molar-refractivity contribution >= 4 is 5.97 Å². The molecule has 0 radical (unpaired) electrons. The van der Waals surface area contributed by atoms with Crippen LogP contribution in [0.2, 0.25) is 0 Å². The summed E-state index contributed by atoms with van der Waals surface area (Å²) in [5.41, 5.74) is 1.90. The Morgan fingerprint density at radius 3 is 2.02 bits per heavy atom. The van der Waals surface area contributed by atoms with Crippen molar-refractivity contribution in [1.82, 2.24) is 0 Å². The first-order valence-corrected chi connectivity index (χ1v) is 15.7. The molecule has 0 saturated heterocycles. The summed E-state index contributed by atoms with van der Waals surface area (Å²) < 4.78 is 69.0. The normalized spacial score (nSPS) is 19.3. The maximum absolute atomic E-state index is 13.0. The van der Waals surface area contributed by atoms with Gasteiger partial charge < -0.3 is 20.1 Å². The van der Waals surface area contributed by atoms with Gasteiger partial charge in [0, 0.05) is 23.8 Å². The van der Waals surface area contributed by atoms with Gasteiger partial charge in [0.05, 0.1) is 12.5 Å². The minimum Gasteiger partial charge on any atom is -0.508 e. The Bertz CT molecular complexity index is 1180. The Hall–Kier alpha value is -3.04. The minimum absolute atomic E-state index is 0.139. The van der Waals surface area contributed by atoms with E-state index in [1.54, 1.807) is 24.3 Å². The molecule has 0 saturated carbocycles. The van der Waals surface area contributed by atoms with Crippen LogP contribution < -0.4 is 4.74 Å². The lowest BCUT2D eigenvalue weighted by atomic mass is 9.63. The van der Waals surface area contributed by atoms with Crippen LogP contribution in [0.25, 0.3) is 0 Å².